The maximum atomic E-state index is 12.4. The van der Waals surface area contributed by atoms with E-state index in [1.807, 2.05) is 0 Å². The predicted molar refractivity (Wildman–Crippen MR) is 47.5 cm³/mol. The summed E-state index contributed by atoms with van der Waals surface area (Å²) in [6.07, 6.45) is -5.48. The molecule has 0 aliphatic heterocycles. The highest BCUT2D eigenvalue weighted by atomic mass is 19.4. The normalized spacial score (nSPS) is 14.5. The van der Waals surface area contributed by atoms with Gasteiger partial charge in [0.05, 0.1) is 0 Å². The Labute approximate surface area is 83.7 Å². The van der Waals surface area contributed by atoms with Gasteiger partial charge < -0.3 is 5.11 Å². The Hall–Kier alpha value is -1.36. The molecule has 0 amide bonds. The first-order valence-electron chi connectivity index (χ1n) is 4.08. The van der Waals surface area contributed by atoms with Crippen LogP contribution in [0.2, 0.25) is 0 Å². The van der Waals surface area contributed by atoms with Crippen LogP contribution in [-0.4, -0.2) is 17.4 Å². The smallest absolute Gasteiger partial charge is 0.380 e. The molecule has 82 valence electrons. The highest BCUT2D eigenvalue weighted by molar-refractivity contribution is 5.49. The summed E-state index contributed by atoms with van der Waals surface area (Å²) >= 11 is 0. The van der Waals surface area contributed by atoms with E-state index in [0.717, 1.165) is 18.2 Å². The molecule has 0 saturated carbocycles. The SMILES string of the molecule is O[C@@H](/C=C/c1ccc(F)cc1)C(F)(F)F. The van der Waals surface area contributed by atoms with Crippen LogP contribution in [0.3, 0.4) is 0 Å². The van der Waals surface area contributed by atoms with Gasteiger partial charge in [-0.05, 0) is 23.8 Å². The summed E-state index contributed by atoms with van der Waals surface area (Å²) in [5, 5.41) is 8.62. The fourth-order valence-corrected chi connectivity index (χ4v) is 0.885. The Morgan fingerprint density at radius 3 is 2.13 bits per heavy atom. The number of halogens is 4. The Bertz CT molecular complexity index is 339. The lowest BCUT2D eigenvalue weighted by Gasteiger charge is -2.09. The first-order chi connectivity index (χ1) is 6.89. The molecule has 0 aromatic heterocycles. The highest BCUT2D eigenvalue weighted by Gasteiger charge is 2.35. The minimum absolute atomic E-state index is 0.389. The van der Waals surface area contributed by atoms with E-state index in [1.54, 1.807) is 0 Å². The Balaban J connectivity index is 2.70. The third-order valence-corrected chi connectivity index (χ3v) is 1.68. The van der Waals surface area contributed by atoms with Gasteiger partial charge in [0, 0.05) is 0 Å². The van der Waals surface area contributed by atoms with Crippen molar-refractivity contribution in [1.29, 1.82) is 0 Å². The van der Waals surface area contributed by atoms with E-state index in [4.69, 9.17) is 5.11 Å². The zero-order valence-corrected chi connectivity index (χ0v) is 7.50. The minimum atomic E-state index is -4.67. The van der Waals surface area contributed by atoms with Gasteiger partial charge in [-0.1, -0.05) is 18.2 Å². The number of benzene rings is 1. The van der Waals surface area contributed by atoms with Crippen molar-refractivity contribution in [3.63, 3.8) is 0 Å². The van der Waals surface area contributed by atoms with E-state index in [2.05, 4.69) is 0 Å². The van der Waals surface area contributed by atoms with Crippen LogP contribution < -0.4 is 0 Å². The fourth-order valence-electron chi connectivity index (χ4n) is 0.885. The van der Waals surface area contributed by atoms with Crippen molar-refractivity contribution < 1.29 is 22.7 Å². The van der Waals surface area contributed by atoms with Crippen LogP contribution in [0.4, 0.5) is 17.6 Å². The average Bonchev–Trinajstić information content (AvgIpc) is 2.15. The van der Waals surface area contributed by atoms with E-state index in [1.165, 1.54) is 12.1 Å². The van der Waals surface area contributed by atoms with Gasteiger partial charge in [-0.15, -0.1) is 0 Å². The number of aliphatic hydroxyl groups is 1. The van der Waals surface area contributed by atoms with Crippen LogP contribution in [0.1, 0.15) is 5.56 Å². The maximum Gasteiger partial charge on any atom is 0.417 e. The van der Waals surface area contributed by atoms with Crippen molar-refractivity contribution >= 4 is 6.08 Å². The number of hydrogen-bond acceptors (Lipinski definition) is 1. The van der Waals surface area contributed by atoms with Crippen LogP contribution in [-0.2, 0) is 0 Å². The molecule has 0 radical (unpaired) electrons. The molecule has 1 aromatic carbocycles. The first kappa shape index (κ1) is 11.7. The molecule has 15 heavy (non-hydrogen) atoms. The van der Waals surface area contributed by atoms with Crippen LogP contribution in [0.5, 0.6) is 0 Å². The predicted octanol–water partition coefficient (Wildman–Crippen LogP) is 2.76. The molecule has 1 atom stereocenters. The van der Waals surface area contributed by atoms with Crippen molar-refractivity contribution in [3.05, 3.63) is 41.7 Å². The maximum absolute atomic E-state index is 12.4. The van der Waals surface area contributed by atoms with Gasteiger partial charge in [0.1, 0.15) is 5.82 Å². The van der Waals surface area contributed by atoms with Crippen LogP contribution in [0.15, 0.2) is 30.3 Å². The topological polar surface area (TPSA) is 20.2 Å². The molecule has 1 nitrogen and oxygen atoms in total. The first-order valence-corrected chi connectivity index (χ1v) is 4.08. The molecule has 0 bridgehead atoms. The Morgan fingerprint density at radius 1 is 1.13 bits per heavy atom. The van der Waals surface area contributed by atoms with Crippen LogP contribution in [0.25, 0.3) is 6.08 Å². The molecule has 5 heteroatoms. The molecule has 1 N–H and O–H groups in total. The second-order valence-corrected chi connectivity index (χ2v) is 2.90. The zero-order chi connectivity index (χ0) is 11.5. The third kappa shape index (κ3) is 3.71. The lowest BCUT2D eigenvalue weighted by Crippen LogP contribution is -2.25. The molecule has 0 aliphatic rings. The molecule has 0 spiro atoms. The summed E-state index contributed by atoms with van der Waals surface area (Å²) in [6.45, 7) is 0. The van der Waals surface area contributed by atoms with Crippen LogP contribution >= 0.6 is 0 Å². The summed E-state index contributed by atoms with van der Waals surface area (Å²) in [6, 6.07) is 4.88. The van der Waals surface area contributed by atoms with Gasteiger partial charge in [-0.25, -0.2) is 4.39 Å². The van der Waals surface area contributed by atoms with Crippen molar-refractivity contribution in [1.82, 2.24) is 0 Å². The van der Waals surface area contributed by atoms with E-state index < -0.39 is 18.1 Å². The van der Waals surface area contributed by atoms with Crippen molar-refractivity contribution in [2.45, 2.75) is 12.3 Å². The second kappa shape index (κ2) is 4.44. The monoisotopic (exact) mass is 220 g/mol. The molecule has 0 saturated heterocycles. The molecule has 0 aliphatic carbocycles. The number of alkyl halides is 3. The fraction of sp³-hybridized carbons (Fsp3) is 0.200. The van der Waals surface area contributed by atoms with Gasteiger partial charge >= 0.3 is 6.18 Å². The standard InChI is InChI=1S/C10H8F4O/c11-8-4-1-7(2-5-8)3-6-9(15)10(12,13)14/h1-6,9,15H/b6-3+/t9-/m0/s1. The molecule has 0 unspecified atom stereocenters. The van der Waals surface area contributed by atoms with Crippen LogP contribution in [0, 0.1) is 5.82 Å². The Kier molecular flexibility index (Phi) is 3.47. The second-order valence-electron chi connectivity index (χ2n) is 2.90. The van der Waals surface area contributed by atoms with Crippen molar-refractivity contribution in [2.75, 3.05) is 0 Å². The van der Waals surface area contributed by atoms with Gasteiger partial charge in [0.25, 0.3) is 0 Å². The van der Waals surface area contributed by atoms with Crippen molar-refractivity contribution in [3.8, 4) is 0 Å². The molecular weight excluding hydrogens is 212 g/mol. The molecular formula is C10H8F4O. The molecule has 0 heterocycles. The van der Waals surface area contributed by atoms with Crippen molar-refractivity contribution in [2.24, 2.45) is 0 Å². The van der Waals surface area contributed by atoms with E-state index in [9.17, 15) is 17.6 Å². The van der Waals surface area contributed by atoms with Gasteiger partial charge in [0.2, 0.25) is 0 Å². The zero-order valence-electron chi connectivity index (χ0n) is 7.50. The molecule has 0 fully saturated rings. The largest absolute Gasteiger partial charge is 0.417 e. The number of aliphatic hydroxyl groups excluding tert-OH is 1. The number of rotatable bonds is 2. The van der Waals surface area contributed by atoms with Gasteiger partial charge in [-0.3, -0.25) is 0 Å². The quantitative estimate of drug-likeness (QED) is 0.760. The molecule has 1 rings (SSSR count). The minimum Gasteiger partial charge on any atom is -0.380 e. The summed E-state index contributed by atoms with van der Waals surface area (Å²) in [5.74, 6) is -0.469. The summed E-state index contributed by atoms with van der Waals surface area (Å²) in [5.41, 5.74) is 0.389. The highest BCUT2D eigenvalue weighted by Crippen LogP contribution is 2.21. The lowest BCUT2D eigenvalue weighted by atomic mass is 10.2. The Morgan fingerprint density at radius 2 is 1.67 bits per heavy atom. The molecule has 1 aromatic rings. The number of hydrogen-bond donors (Lipinski definition) is 1. The third-order valence-electron chi connectivity index (χ3n) is 1.68. The van der Waals surface area contributed by atoms with E-state index in [-0.39, 0.29) is 0 Å². The summed E-state index contributed by atoms with van der Waals surface area (Å²) < 4.78 is 48.0. The van der Waals surface area contributed by atoms with Gasteiger partial charge in [0.15, 0.2) is 6.10 Å². The van der Waals surface area contributed by atoms with E-state index in [0.29, 0.717) is 11.6 Å². The summed E-state index contributed by atoms with van der Waals surface area (Å²) in [7, 11) is 0. The van der Waals surface area contributed by atoms with E-state index >= 15 is 0 Å². The average molecular weight is 220 g/mol. The summed E-state index contributed by atoms with van der Waals surface area (Å²) in [4.78, 5) is 0. The lowest BCUT2D eigenvalue weighted by molar-refractivity contribution is -0.187. The van der Waals surface area contributed by atoms with Gasteiger partial charge in [-0.2, -0.15) is 13.2 Å².